The number of rotatable bonds is 2. The van der Waals surface area contributed by atoms with Gasteiger partial charge in [-0.1, -0.05) is 11.6 Å². The number of aliphatic hydroxyl groups is 1. The molecule has 3 nitrogen and oxygen atoms in total. The van der Waals surface area contributed by atoms with E-state index in [0.717, 1.165) is 0 Å². The molecule has 0 fully saturated rings. The summed E-state index contributed by atoms with van der Waals surface area (Å²) in [7, 11) is 0. The van der Waals surface area contributed by atoms with Crippen molar-refractivity contribution in [2.24, 2.45) is 5.73 Å². The van der Waals surface area contributed by atoms with Crippen molar-refractivity contribution in [3.8, 4) is 5.75 Å². The summed E-state index contributed by atoms with van der Waals surface area (Å²) in [5.74, 6) is 0.103. The summed E-state index contributed by atoms with van der Waals surface area (Å²) in [6.07, 6.45) is 0. The molecular weight excluding hydrogens is 225 g/mol. The van der Waals surface area contributed by atoms with Crippen LogP contribution in [0.5, 0.6) is 5.75 Å². The summed E-state index contributed by atoms with van der Waals surface area (Å²) >= 11 is 5.77. The molecule has 0 amide bonds. The third-order valence-corrected chi connectivity index (χ3v) is 2.11. The van der Waals surface area contributed by atoms with Crippen LogP contribution in [0.4, 0.5) is 0 Å². The topological polar surface area (TPSA) is 66.5 Å². The molecule has 0 heterocycles. The summed E-state index contributed by atoms with van der Waals surface area (Å²) in [6, 6.07) is 2.62. The Morgan fingerprint density at radius 1 is 1.50 bits per heavy atom. The molecule has 14 heavy (non-hydrogen) atoms. The van der Waals surface area contributed by atoms with Gasteiger partial charge in [-0.2, -0.15) is 0 Å². The van der Waals surface area contributed by atoms with E-state index in [1.165, 1.54) is 0 Å². The molecule has 0 aliphatic heterocycles. The van der Waals surface area contributed by atoms with E-state index >= 15 is 0 Å². The molecule has 1 atom stereocenters. The summed E-state index contributed by atoms with van der Waals surface area (Å²) in [5.41, 5.74) is 6.70. The average Bonchev–Trinajstić information content (AvgIpc) is 2.10. The first-order valence-corrected chi connectivity index (χ1v) is 4.29. The molecule has 0 spiro atoms. The van der Waals surface area contributed by atoms with E-state index in [-0.39, 0.29) is 24.8 Å². The van der Waals surface area contributed by atoms with Crippen molar-refractivity contribution in [2.75, 3.05) is 6.61 Å². The molecule has 4 N–H and O–H groups in total. The number of halogens is 2. The van der Waals surface area contributed by atoms with Gasteiger partial charge in [0.2, 0.25) is 0 Å². The lowest BCUT2D eigenvalue weighted by Crippen LogP contribution is -2.14. The molecular formula is C9H13Cl2NO2. The smallest absolute Gasteiger partial charge is 0.123 e. The van der Waals surface area contributed by atoms with Crippen LogP contribution in [0.3, 0.4) is 0 Å². The minimum Gasteiger partial charge on any atom is -0.507 e. The number of phenolic OH excluding ortho intramolecular Hbond substituents is 1. The van der Waals surface area contributed by atoms with Crippen LogP contribution in [-0.2, 0) is 0 Å². The van der Waals surface area contributed by atoms with Gasteiger partial charge in [-0.3, -0.25) is 0 Å². The van der Waals surface area contributed by atoms with Crippen molar-refractivity contribution < 1.29 is 10.2 Å². The van der Waals surface area contributed by atoms with Crippen molar-refractivity contribution in [1.82, 2.24) is 0 Å². The Bertz CT molecular complexity index is 318. The average molecular weight is 238 g/mol. The molecule has 0 saturated heterocycles. The first-order valence-electron chi connectivity index (χ1n) is 3.91. The van der Waals surface area contributed by atoms with Gasteiger partial charge in [-0.15, -0.1) is 12.4 Å². The van der Waals surface area contributed by atoms with Crippen LogP contribution in [0.25, 0.3) is 0 Å². The van der Waals surface area contributed by atoms with Crippen LogP contribution in [0.1, 0.15) is 17.2 Å². The highest BCUT2D eigenvalue weighted by molar-refractivity contribution is 6.30. The van der Waals surface area contributed by atoms with Crippen LogP contribution in [0, 0.1) is 6.92 Å². The van der Waals surface area contributed by atoms with E-state index in [9.17, 15) is 5.11 Å². The third-order valence-electron chi connectivity index (χ3n) is 1.89. The second-order valence-corrected chi connectivity index (χ2v) is 3.39. The molecule has 0 aliphatic carbocycles. The van der Waals surface area contributed by atoms with Crippen LogP contribution < -0.4 is 5.73 Å². The largest absolute Gasteiger partial charge is 0.507 e. The Kier molecular flexibility index (Phi) is 5.23. The Morgan fingerprint density at radius 3 is 2.57 bits per heavy atom. The van der Waals surface area contributed by atoms with Gasteiger partial charge in [-0.05, 0) is 24.6 Å². The van der Waals surface area contributed by atoms with Crippen LogP contribution in [0.2, 0.25) is 5.02 Å². The molecule has 0 radical (unpaired) electrons. The van der Waals surface area contributed by atoms with Gasteiger partial charge in [0, 0.05) is 10.6 Å². The highest BCUT2D eigenvalue weighted by atomic mass is 35.5. The number of benzene rings is 1. The van der Waals surface area contributed by atoms with Crippen molar-refractivity contribution in [2.45, 2.75) is 13.0 Å². The SMILES string of the molecule is Cc1cc(Cl)cc([C@@H](N)CO)c1O.Cl. The summed E-state index contributed by atoms with van der Waals surface area (Å²) in [6.45, 7) is 1.52. The van der Waals surface area contributed by atoms with Gasteiger partial charge >= 0.3 is 0 Å². The van der Waals surface area contributed by atoms with Crippen molar-refractivity contribution in [3.63, 3.8) is 0 Å². The van der Waals surface area contributed by atoms with E-state index in [1.807, 2.05) is 0 Å². The molecule has 0 unspecified atom stereocenters. The highest BCUT2D eigenvalue weighted by Crippen LogP contribution is 2.29. The zero-order chi connectivity index (χ0) is 10.0. The quantitative estimate of drug-likeness (QED) is 0.735. The molecule has 0 aliphatic rings. The standard InChI is InChI=1S/C9H12ClNO2.ClH/c1-5-2-6(10)3-7(9(5)13)8(11)4-12;/h2-3,8,12-13H,4,11H2,1H3;1H/t8-;/m0./s1. The van der Waals surface area contributed by atoms with Gasteiger partial charge in [0.15, 0.2) is 0 Å². The Morgan fingerprint density at radius 2 is 2.07 bits per heavy atom. The number of aryl methyl sites for hydroxylation is 1. The van der Waals surface area contributed by atoms with E-state index in [0.29, 0.717) is 16.1 Å². The Balaban J connectivity index is 0.00000169. The second-order valence-electron chi connectivity index (χ2n) is 2.95. The number of phenols is 1. The molecule has 0 saturated carbocycles. The highest BCUT2D eigenvalue weighted by Gasteiger charge is 2.12. The fourth-order valence-corrected chi connectivity index (χ4v) is 1.42. The zero-order valence-electron chi connectivity index (χ0n) is 7.70. The normalized spacial score (nSPS) is 12.0. The van der Waals surface area contributed by atoms with E-state index in [2.05, 4.69) is 0 Å². The van der Waals surface area contributed by atoms with Gasteiger partial charge in [0.1, 0.15) is 5.75 Å². The van der Waals surface area contributed by atoms with Crippen molar-refractivity contribution >= 4 is 24.0 Å². The molecule has 80 valence electrons. The lowest BCUT2D eigenvalue weighted by molar-refractivity contribution is 0.265. The van der Waals surface area contributed by atoms with Crippen LogP contribution in [0.15, 0.2) is 12.1 Å². The van der Waals surface area contributed by atoms with E-state index in [4.69, 9.17) is 22.4 Å². The summed E-state index contributed by atoms with van der Waals surface area (Å²) in [5, 5.41) is 18.9. The minimum absolute atomic E-state index is 0. The van der Waals surface area contributed by atoms with Gasteiger partial charge < -0.3 is 15.9 Å². The number of hydrogen-bond acceptors (Lipinski definition) is 3. The fraction of sp³-hybridized carbons (Fsp3) is 0.333. The second kappa shape index (κ2) is 5.41. The molecule has 0 bridgehead atoms. The Labute approximate surface area is 93.9 Å². The van der Waals surface area contributed by atoms with Crippen LogP contribution in [-0.4, -0.2) is 16.8 Å². The molecule has 5 heteroatoms. The number of aromatic hydroxyl groups is 1. The predicted octanol–water partition coefficient (Wildman–Crippen LogP) is 1.77. The van der Waals surface area contributed by atoms with E-state index in [1.54, 1.807) is 19.1 Å². The Hall–Kier alpha value is -0.480. The molecule has 1 aromatic rings. The monoisotopic (exact) mass is 237 g/mol. The minimum atomic E-state index is -0.586. The van der Waals surface area contributed by atoms with Gasteiger partial charge in [0.05, 0.1) is 12.6 Å². The maximum atomic E-state index is 9.57. The summed E-state index contributed by atoms with van der Waals surface area (Å²) < 4.78 is 0. The summed E-state index contributed by atoms with van der Waals surface area (Å²) in [4.78, 5) is 0. The van der Waals surface area contributed by atoms with E-state index < -0.39 is 6.04 Å². The zero-order valence-corrected chi connectivity index (χ0v) is 9.27. The first kappa shape index (κ1) is 13.5. The van der Waals surface area contributed by atoms with Crippen LogP contribution >= 0.6 is 24.0 Å². The fourth-order valence-electron chi connectivity index (χ4n) is 1.14. The van der Waals surface area contributed by atoms with Gasteiger partial charge in [-0.25, -0.2) is 0 Å². The maximum absolute atomic E-state index is 9.57. The lowest BCUT2D eigenvalue weighted by atomic mass is 10.0. The third kappa shape index (κ3) is 2.75. The molecule has 1 aromatic carbocycles. The maximum Gasteiger partial charge on any atom is 0.123 e. The molecule has 0 aromatic heterocycles. The van der Waals surface area contributed by atoms with Gasteiger partial charge in [0.25, 0.3) is 0 Å². The van der Waals surface area contributed by atoms with Crippen molar-refractivity contribution in [1.29, 1.82) is 0 Å². The number of nitrogens with two attached hydrogens (primary N) is 1. The first-order chi connectivity index (χ1) is 6.06. The van der Waals surface area contributed by atoms with Crippen molar-refractivity contribution in [3.05, 3.63) is 28.3 Å². The number of aliphatic hydroxyl groups excluding tert-OH is 1. The molecule has 1 rings (SSSR count). The number of hydrogen-bond donors (Lipinski definition) is 3. The lowest BCUT2D eigenvalue weighted by Gasteiger charge is -2.12. The predicted molar refractivity (Wildman–Crippen MR) is 59.1 cm³/mol.